The normalized spacial score (nSPS) is 21.5. The van der Waals surface area contributed by atoms with Crippen molar-refractivity contribution >= 4 is 28.9 Å². The number of allylic oxidation sites excluding steroid dienone is 2. The van der Waals surface area contributed by atoms with Crippen LogP contribution in [0.25, 0.3) is 10.4 Å². The Morgan fingerprint density at radius 3 is 2.61 bits per heavy atom. The van der Waals surface area contributed by atoms with Crippen molar-refractivity contribution in [3.8, 4) is 10.4 Å². The first-order chi connectivity index (χ1) is 13.0. The zero-order valence-electron chi connectivity index (χ0n) is 15.6. The number of thiophene rings is 1. The standard InChI is InChI=1S/C21H20ClF3O2S/c1-12-13(6-4-7-14(12)16-8-5-9-28-16)11-27-19(26)18-15(20(18,2)3)10-17(22)21(23,24)25/h4-10,15,18H,11H2,1-3H3/b17-10-/t15-,18-/m0/s1. The molecule has 1 saturated carbocycles. The minimum absolute atomic E-state index is 0.0832. The van der Waals surface area contributed by atoms with Gasteiger partial charge in [0.05, 0.1) is 5.92 Å². The van der Waals surface area contributed by atoms with E-state index in [1.807, 2.05) is 42.6 Å². The molecular weight excluding hydrogens is 409 g/mol. The van der Waals surface area contributed by atoms with Crippen molar-refractivity contribution < 1.29 is 22.7 Å². The summed E-state index contributed by atoms with van der Waals surface area (Å²) in [5.74, 6) is -1.73. The molecule has 1 aromatic carbocycles. The highest BCUT2D eigenvalue weighted by Crippen LogP contribution is 2.60. The predicted molar refractivity (Wildman–Crippen MR) is 105 cm³/mol. The summed E-state index contributed by atoms with van der Waals surface area (Å²) in [6.45, 7) is 5.53. The van der Waals surface area contributed by atoms with Gasteiger partial charge in [0.1, 0.15) is 11.6 Å². The number of hydrogen-bond donors (Lipinski definition) is 0. The summed E-state index contributed by atoms with van der Waals surface area (Å²) in [5.41, 5.74) is 2.35. The zero-order valence-corrected chi connectivity index (χ0v) is 17.2. The number of benzene rings is 1. The van der Waals surface area contributed by atoms with Crippen LogP contribution in [0.4, 0.5) is 13.2 Å². The molecule has 2 nitrogen and oxygen atoms in total. The van der Waals surface area contributed by atoms with Crippen LogP contribution in [-0.2, 0) is 16.1 Å². The maximum atomic E-state index is 12.7. The van der Waals surface area contributed by atoms with Crippen LogP contribution in [0.3, 0.4) is 0 Å². The van der Waals surface area contributed by atoms with Gasteiger partial charge in [0.25, 0.3) is 0 Å². The molecule has 0 N–H and O–H groups in total. The molecule has 1 aliphatic rings. The molecule has 0 bridgehead atoms. The number of rotatable bonds is 5. The van der Waals surface area contributed by atoms with Crippen LogP contribution in [0.15, 0.2) is 46.8 Å². The maximum Gasteiger partial charge on any atom is 0.426 e. The summed E-state index contributed by atoms with van der Waals surface area (Å²) in [6, 6.07) is 9.80. The van der Waals surface area contributed by atoms with E-state index in [9.17, 15) is 18.0 Å². The van der Waals surface area contributed by atoms with E-state index in [0.717, 1.165) is 27.6 Å². The predicted octanol–water partition coefficient (Wildman–Crippen LogP) is 6.72. The van der Waals surface area contributed by atoms with Crippen LogP contribution < -0.4 is 0 Å². The van der Waals surface area contributed by atoms with Gasteiger partial charge in [0.2, 0.25) is 0 Å². The van der Waals surface area contributed by atoms with E-state index in [2.05, 4.69) is 0 Å². The fourth-order valence-corrected chi connectivity index (χ4v) is 4.41. The lowest BCUT2D eigenvalue weighted by atomic mass is 10.0. The van der Waals surface area contributed by atoms with E-state index < -0.39 is 34.4 Å². The molecule has 2 aromatic rings. The minimum atomic E-state index is -4.60. The second-order valence-electron chi connectivity index (χ2n) is 7.51. The number of esters is 1. The summed E-state index contributed by atoms with van der Waals surface area (Å²) >= 11 is 6.96. The van der Waals surface area contributed by atoms with Crippen LogP contribution in [0.1, 0.15) is 25.0 Å². The van der Waals surface area contributed by atoms with Crippen molar-refractivity contribution in [2.24, 2.45) is 17.3 Å². The average Bonchev–Trinajstić information content (AvgIpc) is 2.98. The van der Waals surface area contributed by atoms with Crippen molar-refractivity contribution in [3.05, 3.63) is 57.9 Å². The number of hydrogen-bond acceptors (Lipinski definition) is 3. The first-order valence-electron chi connectivity index (χ1n) is 8.77. The SMILES string of the molecule is Cc1c(COC(=O)[C@@H]2[C@H](/C=C(\Cl)C(F)(F)F)C2(C)C)cccc1-c1cccs1. The number of carbonyl (C=O) groups is 1. The monoisotopic (exact) mass is 428 g/mol. The van der Waals surface area contributed by atoms with Gasteiger partial charge in [-0.15, -0.1) is 11.3 Å². The summed E-state index contributed by atoms with van der Waals surface area (Å²) < 4.78 is 43.5. The molecule has 1 aliphatic carbocycles. The van der Waals surface area contributed by atoms with Gasteiger partial charge in [-0.1, -0.05) is 55.8 Å². The second-order valence-corrected chi connectivity index (χ2v) is 8.87. The highest BCUT2D eigenvalue weighted by molar-refractivity contribution is 7.13. The van der Waals surface area contributed by atoms with Gasteiger partial charge < -0.3 is 4.74 Å². The van der Waals surface area contributed by atoms with Crippen molar-refractivity contribution in [2.45, 2.75) is 33.6 Å². The van der Waals surface area contributed by atoms with Crippen LogP contribution >= 0.6 is 22.9 Å². The fourth-order valence-electron chi connectivity index (χ4n) is 3.47. The first kappa shape index (κ1) is 20.9. The molecule has 1 fully saturated rings. The molecule has 7 heteroatoms. The summed E-state index contributed by atoms with van der Waals surface area (Å²) in [7, 11) is 0. The van der Waals surface area contributed by atoms with E-state index in [1.54, 1.807) is 25.2 Å². The van der Waals surface area contributed by atoms with Crippen LogP contribution in [0.2, 0.25) is 0 Å². The zero-order chi connectivity index (χ0) is 20.7. The smallest absolute Gasteiger partial charge is 0.426 e. The molecule has 1 aromatic heterocycles. The molecule has 2 atom stereocenters. The number of halogens is 4. The Bertz CT molecular complexity index is 901. The van der Waals surface area contributed by atoms with Gasteiger partial charge >= 0.3 is 12.1 Å². The lowest BCUT2D eigenvalue weighted by Gasteiger charge is -2.11. The van der Waals surface area contributed by atoms with Crippen LogP contribution in [-0.4, -0.2) is 12.1 Å². The molecule has 0 aliphatic heterocycles. The Labute approximate surface area is 171 Å². The third kappa shape index (κ3) is 4.13. The largest absolute Gasteiger partial charge is 0.461 e. The van der Waals surface area contributed by atoms with E-state index in [4.69, 9.17) is 16.3 Å². The van der Waals surface area contributed by atoms with Crippen molar-refractivity contribution in [1.82, 2.24) is 0 Å². The molecule has 0 saturated heterocycles. The number of ether oxygens (including phenoxy) is 1. The molecule has 1 heterocycles. The number of carbonyl (C=O) groups excluding carboxylic acids is 1. The summed E-state index contributed by atoms with van der Waals surface area (Å²) in [4.78, 5) is 13.6. The number of alkyl halides is 3. The molecule has 150 valence electrons. The van der Waals surface area contributed by atoms with E-state index in [-0.39, 0.29) is 6.61 Å². The Morgan fingerprint density at radius 1 is 1.29 bits per heavy atom. The molecule has 0 unspecified atom stereocenters. The Kier molecular flexibility index (Phi) is 5.65. The molecular formula is C21H20ClF3O2S. The topological polar surface area (TPSA) is 26.3 Å². The second kappa shape index (κ2) is 7.56. The van der Waals surface area contributed by atoms with E-state index >= 15 is 0 Å². The molecule has 28 heavy (non-hydrogen) atoms. The molecule has 0 spiro atoms. The highest BCUT2D eigenvalue weighted by atomic mass is 35.5. The third-order valence-electron chi connectivity index (χ3n) is 5.36. The lowest BCUT2D eigenvalue weighted by molar-refractivity contribution is -0.147. The maximum absolute atomic E-state index is 12.7. The quantitative estimate of drug-likeness (QED) is 0.494. The molecule has 3 rings (SSSR count). The van der Waals surface area contributed by atoms with Crippen molar-refractivity contribution in [3.63, 3.8) is 0 Å². The Morgan fingerprint density at radius 2 is 2.00 bits per heavy atom. The van der Waals surface area contributed by atoms with Crippen LogP contribution in [0.5, 0.6) is 0 Å². The van der Waals surface area contributed by atoms with Gasteiger partial charge in [-0.3, -0.25) is 4.79 Å². The van der Waals surface area contributed by atoms with Crippen molar-refractivity contribution in [2.75, 3.05) is 0 Å². The first-order valence-corrected chi connectivity index (χ1v) is 10.0. The van der Waals surface area contributed by atoms with Gasteiger partial charge in [0.15, 0.2) is 0 Å². The third-order valence-corrected chi connectivity index (χ3v) is 6.61. The minimum Gasteiger partial charge on any atom is -0.461 e. The van der Waals surface area contributed by atoms with Crippen LogP contribution in [0, 0.1) is 24.2 Å². The van der Waals surface area contributed by atoms with Crippen molar-refractivity contribution in [1.29, 1.82) is 0 Å². The fraction of sp³-hybridized carbons (Fsp3) is 0.381. The highest BCUT2D eigenvalue weighted by Gasteiger charge is 2.62. The molecule has 0 amide bonds. The van der Waals surface area contributed by atoms with Gasteiger partial charge in [-0.2, -0.15) is 13.2 Å². The summed E-state index contributed by atoms with van der Waals surface area (Å²) in [6.07, 6.45) is -3.68. The lowest BCUT2D eigenvalue weighted by Crippen LogP contribution is -2.11. The Balaban J connectivity index is 1.69. The Hall–Kier alpha value is -1.79. The van der Waals surface area contributed by atoms with E-state index in [0.29, 0.717) is 0 Å². The van der Waals surface area contributed by atoms with E-state index in [1.165, 1.54) is 0 Å². The average molecular weight is 429 g/mol. The van der Waals surface area contributed by atoms with Gasteiger partial charge in [0, 0.05) is 4.88 Å². The summed E-state index contributed by atoms with van der Waals surface area (Å²) in [5, 5.41) is 0.802. The van der Waals surface area contributed by atoms with Gasteiger partial charge in [-0.25, -0.2) is 0 Å². The van der Waals surface area contributed by atoms with Gasteiger partial charge in [-0.05, 0) is 46.4 Å². The molecule has 0 radical (unpaired) electrons.